The van der Waals surface area contributed by atoms with Crippen LogP contribution in [0.15, 0.2) is 35.7 Å². The van der Waals surface area contributed by atoms with E-state index in [9.17, 15) is 26.4 Å². The number of halogens is 3. The number of hydrogen-bond donors (Lipinski definition) is 0. The molecule has 2 rings (SSSR count). The molecule has 22 heavy (non-hydrogen) atoms. The van der Waals surface area contributed by atoms with Crippen molar-refractivity contribution in [2.24, 2.45) is 0 Å². The van der Waals surface area contributed by atoms with Gasteiger partial charge in [0.15, 0.2) is 9.84 Å². The van der Waals surface area contributed by atoms with Gasteiger partial charge >= 0.3 is 12.1 Å². The third-order valence-electron chi connectivity index (χ3n) is 3.04. The van der Waals surface area contributed by atoms with Crippen LogP contribution in [-0.2, 0) is 14.6 Å². The monoisotopic (exact) mass is 335 g/mol. The van der Waals surface area contributed by atoms with Gasteiger partial charge in [-0.05, 0) is 18.2 Å². The Morgan fingerprint density at radius 3 is 2.55 bits per heavy atom. The number of alkyl halides is 3. The maximum atomic E-state index is 12.8. The van der Waals surface area contributed by atoms with Crippen molar-refractivity contribution < 1.29 is 31.1 Å². The van der Waals surface area contributed by atoms with Gasteiger partial charge in [0.2, 0.25) is 0 Å². The summed E-state index contributed by atoms with van der Waals surface area (Å²) in [5.74, 6) is -2.47. The first kappa shape index (κ1) is 16.3. The van der Waals surface area contributed by atoms with Gasteiger partial charge in [0.1, 0.15) is 5.75 Å². The smallest absolute Gasteiger partial charge is 0.471 e. The van der Waals surface area contributed by atoms with E-state index < -0.39 is 33.7 Å². The molecule has 0 spiro atoms. The van der Waals surface area contributed by atoms with Crippen LogP contribution in [0.1, 0.15) is 0 Å². The van der Waals surface area contributed by atoms with Crippen molar-refractivity contribution in [3.63, 3.8) is 0 Å². The van der Waals surface area contributed by atoms with Crippen molar-refractivity contribution in [3.05, 3.63) is 35.7 Å². The third kappa shape index (κ3) is 3.41. The number of carbonyl (C=O) groups excluding carboxylic acids is 1. The lowest BCUT2D eigenvalue weighted by Gasteiger charge is -2.28. The Labute approximate surface area is 124 Å². The van der Waals surface area contributed by atoms with E-state index in [0.717, 1.165) is 11.5 Å². The van der Waals surface area contributed by atoms with Crippen LogP contribution in [0.5, 0.6) is 5.75 Å². The average Bonchev–Trinajstić information content (AvgIpc) is 2.78. The maximum absolute atomic E-state index is 12.8. The molecule has 1 aliphatic heterocycles. The molecule has 0 fully saturated rings. The minimum absolute atomic E-state index is 0.0894. The molecule has 1 amide bonds. The Bertz CT molecular complexity index is 712. The van der Waals surface area contributed by atoms with Gasteiger partial charge in [-0.25, -0.2) is 8.42 Å². The van der Waals surface area contributed by atoms with E-state index in [2.05, 4.69) is 0 Å². The van der Waals surface area contributed by atoms with Gasteiger partial charge in [0.05, 0.1) is 18.9 Å². The fraction of sp³-hybridized carbons (Fsp3) is 0.308. The van der Waals surface area contributed by atoms with Crippen molar-refractivity contribution in [2.45, 2.75) is 12.2 Å². The van der Waals surface area contributed by atoms with Crippen molar-refractivity contribution in [2.75, 3.05) is 17.8 Å². The highest BCUT2D eigenvalue weighted by molar-refractivity contribution is 7.94. The van der Waals surface area contributed by atoms with Crippen LogP contribution < -0.4 is 9.64 Å². The molecular formula is C13H12F3NO4S. The summed E-state index contributed by atoms with van der Waals surface area (Å²) in [4.78, 5) is 12.1. The maximum Gasteiger partial charge on any atom is 0.471 e. The average molecular weight is 335 g/mol. The molecule has 1 heterocycles. The lowest BCUT2D eigenvalue weighted by Crippen LogP contribution is -2.47. The summed E-state index contributed by atoms with van der Waals surface area (Å²) in [6.45, 7) is 0. The summed E-state index contributed by atoms with van der Waals surface area (Å²) in [7, 11) is -2.29. The highest BCUT2D eigenvalue weighted by Crippen LogP contribution is 2.30. The number of amides is 1. The lowest BCUT2D eigenvalue weighted by atomic mass is 10.2. The summed E-state index contributed by atoms with van der Waals surface area (Å²) in [5.41, 5.74) is -0.0894. The van der Waals surface area contributed by atoms with Crippen molar-refractivity contribution in [3.8, 4) is 5.75 Å². The van der Waals surface area contributed by atoms with E-state index in [4.69, 9.17) is 4.74 Å². The van der Waals surface area contributed by atoms with Crippen LogP contribution in [0.3, 0.4) is 0 Å². The van der Waals surface area contributed by atoms with Crippen LogP contribution >= 0.6 is 0 Å². The molecule has 0 aliphatic carbocycles. The van der Waals surface area contributed by atoms with Crippen LogP contribution in [0.4, 0.5) is 18.9 Å². The van der Waals surface area contributed by atoms with Gasteiger partial charge in [0, 0.05) is 17.2 Å². The van der Waals surface area contributed by atoms with E-state index in [1.165, 1.54) is 31.4 Å². The Hall–Kier alpha value is -2.03. The molecule has 0 bridgehead atoms. The molecule has 1 unspecified atom stereocenters. The fourth-order valence-electron chi connectivity index (χ4n) is 2.08. The molecule has 0 N–H and O–H groups in total. The van der Waals surface area contributed by atoms with E-state index in [1.807, 2.05) is 0 Å². The minimum atomic E-state index is -5.12. The number of nitrogens with zero attached hydrogens (tertiary/aromatic N) is 1. The second kappa shape index (κ2) is 5.64. The Morgan fingerprint density at radius 1 is 1.36 bits per heavy atom. The van der Waals surface area contributed by atoms with Crippen molar-refractivity contribution in [1.82, 2.24) is 0 Å². The number of carbonyl (C=O) groups is 1. The summed E-state index contributed by atoms with van der Waals surface area (Å²) >= 11 is 0. The molecule has 120 valence electrons. The summed E-state index contributed by atoms with van der Waals surface area (Å²) in [5, 5.41) is 0.814. The lowest BCUT2D eigenvalue weighted by molar-refractivity contribution is -0.170. The molecule has 9 heteroatoms. The number of methoxy groups -OCH3 is 1. The molecule has 1 aliphatic rings. The fourth-order valence-corrected chi connectivity index (χ4v) is 3.34. The first-order valence-electron chi connectivity index (χ1n) is 6.09. The minimum Gasteiger partial charge on any atom is -0.497 e. The number of benzene rings is 1. The highest BCUT2D eigenvalue weighted by Gasteiger charge is 2.46. The van der Waals surface area contributed by atoms with Crippen molar-refractivity contribution >= 4 is 21.4 Å². The molecular weight excluding hydrogens is 323 g/mol. The molecule has 0 saturated carbocycles. The molecule has 0 saturated heterocycles. The SMILES string of the molecule is COc1cccc(N(C(=O)C(F)(F)F)C2C=CS(=O)(=O)C2)c1. The van der Waals surface area contributed by atoms with Gasteiger partial charge in [-0.1, -0.05) is 6.07 Å². The van der Waals surface area contributed by atoms with E-state index in [-0.39, 0.29) is 11.4 Å². The molecule has 0 radical (unpaired) electrons. The van der Waals surface area contributed by atoms with Crippen molar-refractivity contribution in [1.29, 1.82) is 0 Å². The Kier molecular flexibility index (Phi) is 4.19. The summed E-state index contributed by atoms with van der Waals surface area (Å²) < 4.78 is 66.3. The van der Waals surface area contributed by atoms with Crippen LogP contribution in [-0.4, -0.2) is 39.4 Å². The van der Waals surface area contributed by atoms with E-state index >= 15 is 0 Å². The topological polar surface area (TPSA) is 63.7 Å². The van der Waals surface area contributed by atoms with Crippen LogP contribution in [0.25, 0.3) is 0 Å². The van der Waals surface area contributed by atoms with Gasteiger partial charge in [-0.3, -0.25) is 9.69 Å². The number of hydrogen-bond acceptors (Lipinski definition) is 4. The zero-order valence-corrected chi connectivity index (χ0v) is 12.2. The van der Waals surface area contributed by atoms with Gasteiger partial charge in [-0.2, -0.15) is 13.2 Å². The third-order valence-corrected chi connectivity index (χ3v) is 4.41. The first-order chi connectivity index (χ1) is 10.1. The van der Waals surface area contributed by atoms with Gasteiger partial charge in [0.25, 0.3) is 0 Å². The zero-order valence-electron chi connectivity index (χ0n) is 11.4. The number of anilines is 1. The number of sulfone groups is 1. The molecule has 1 aromatic rings. The standard InChI is InChI=1S/C13H12F3NO4S/c1-21-11-4-2-3-9(7-11)17(12(18)13(14,15)16)10-5-6-22(19,20)8-10/h2-7,10H,8H2,1H3. The molecule has 1 aromatic carbocycles. The Morgan fingerprint density at radius 2 is 2.05 bits per heavy atom. The first-order valence-corrected chi connectivity index (χ1v) is 7.81. The van der Waals surface area contributed by atoms with E-state index in [0.29, 0.717) is 4.90 Å². The van der Waals surface area contributed by atoms with Gasteiger partial charge in [-0.15, -0.1) is 0 Å². The largest absolute Gasteiger partial charge is 0.497 e. The quantitative estimate of drug-likeness (QED) is 0.846. The van der Waals surface area contributed by atoms with Crippen LogP contribution in [0, 0.1) is 0 Å². The second-order valence-electron chi connectivity index (χ2n) is 4.60. The molecule has 1 atom stereocenters. The predicted molar refractivity (Wildman–Crippen MR) is 73.2 cm³/mol. The summed E-state index contributed by atoms with van der Waals surface area (Å²) in [6.07, 6.45) is -4.05. The summed E-state index contributed by atoms with van der Waals surface area (Å²) in [6, 6.07) is 4.22. The number of rotatable bonds is 3. The molecule has 5 nitrogen and oxygen atoms in total. The number of ether oxygens (including phenoxy) is 1. The van der Waals surface area contributed by atoms with E-state index in [1.54, 1.807) is 0 Å². The highest BCUT2D eigenvalue weighted by atomic mass is 32.2. The zero-order chi connectivity index (χ0) is 16.5. The Balaban J connectivity index is 2.46. The normalized spacial score (nSPS) is 19.9. The second-order valence-corrected chi connectivity index (χ2v) is 6.53. The van der Waals surface area contributed by atoms with Gasteiger partial charge < -0.3 is 4.74 Å². The van der Waals surface area contributed by atoms with Crippen LogP contribution in [0.2, 0.25) is 0 Å². The predicted octanol–water partition coefficient (Wildman–Crippen LogP) is 1.90. The molecule has 0 aromatic heterocycles.